The van der Waals surface area contributed by atoms with Crippen LogP contribution in [0, 0.1) is 0 Å². The van der Waals surface area contributed by atoms with Gasteiger partial charge in [0.2, 0.25) is 0 Å². The molecule has 0 radical (unpaired) electrons. The number of alkyl halides is 6. The van der Waals surface area contributed by atoms with E-state index in [1.54, 1.807) is 6.92 Å². The molecule has 1 aromatic heterocycles. The summed E-state index contributed by atoms with van der Waals surface area (Å²) in [6.45, 7) is 3.57. The molecule has 29 heavy (non-hydrogen) atoms. The smallest absolute Gasteiger partial charge is 0.339 e. The maximum Gasteiger partial charge on any atom is 0.416 e. The van der Waals surface area contributed by atoms with Gasteiger partial charge in [0.15, 0.2) is 0 Å². The summed E-state index contributed by atoms with van der Waals surface area (Å²) in [6, 6.07) is 0.667. The maximum atomic E-state index is 13.0. The van der Waals surface area contributed by atoms with E-state index in [0.717, 1.165) is 6.20 Å². The third-order valence-corrected chi connectivity index (χ3v) is 4.46. The minimum absolute atomic E-state index is 0.0272. The van der Waals surface area contributed by atoms with Crippen molar-refractivity contribution in [2.45, 2.75) is 38.7 Å². The quantitative estimate of drug-likeness (QED) is 0.747. The third kappa shape index (κ3) is 4.96. The molecule has 0 bridgehead atoms. The van der Waals surface area contributed by atoms with E-state index < -0.39 is 46.3 Å². The SMILES string of the molecule is CC[C@@H](C)N(C)C(=O)c1cnc(-c2cc(C(F)(F)F)cc(C(F)(F)F)c2)[nH]c1=O. The first-order chi connectivity index (χ1) is 13.3. The van der Waals surface area contributed by atoms with Crippen LogP contribution in [0.3, 0.4) is 0 Å². The molecule has 2 aromatic rings. The molecule has 0 aliphatic heterocycles. The number of rotatable bonds is 4. The molecule has 0 unspecified atom stereocenters. The van der Waals surface area contributed by atoms with E-state index in [2.05, 4.69) is 9.97 Å². The van der Waals surface area contributed by atoms with Crippen LogP contribution in [-0.2, 0) is 12.4 Å². The topological polar surface area (TPSA) is 66.1 Å². The fraction of sp³-hybridized carbons (Fsp3) is 0.389. The molecule has 0 aliphatic carbocycles. The maximum absolute atomic E-state index is 13.0. The molecular weight excluding hydrogens is 404 g/mol. The number of aromatic amines is 1. The lowest BCUT2D eigenvalue weighted by Crippen LogP contribution is -2.37. The zero-order valence-corrected chi connectivity index (χ0v) is 15.6. The number of hydrogen-bond acceptors (Lipinski definition) is 3. The molecule has 0 aliphatic rings. The summed E-state index contributed by atoms with van der Waals surface area (Å²) in [7, 11) is 1.46. The van der Waals surface area contributed by atoms with Gasteiger partial charge in [-0.25, -0.2) is 4.98 Å². The van der Waals surface area contributed by atoms with E-state index in [-0.39, 0.29) is 17.7 Å². The van der Waals surface area contributed by atoms with Crippen molar-refractivity contribution in [3.05, 3.63) is 51.4 Å². The fourth-order valence-corrected chi connectivity index (χ4v) is 2.45. The Morgan fingerprint density at radius 3 is 2.03 bits per heavy atom. The lowest BCUT2D eigenvalue weighted by molar-refractivity contribution is -0.143. The number of aromatic nitrogens is 2. The Bertz CT molecular complexity index is 933. The number of amides is 1. The summed E-state index contributed by atoms with van der Waals surface area (Å²) in [5, 5.41) is 0. The number of carbonyl (C=O) groups excluding carboxylic acids is 1. The van der Waals surface area contributed by atoms with Gasteiger partial charge in [-0.1, -0.05) is 6.92 Å². The molecule has 2 rings (SSSR count). The highest BCUT2D eigenvalue weighted by molar-refractivity contribution is 5.93. The van der Waals surface area contributed by atoms with Crippen LogP contribution in [0.4, 0.5) is 26.3 Å². The average molecular weight is 421 g/mol. The van der Waals surface area contributed by atoms with Crippen molar-refractivity contribution in [1.29, 1.82) is 0 Å². The van der Waals surface area contributed by atoms with Gasteiger partial charge in [-0.05, 0) is 31.5 Å². The van der Waals surface area contributed by atoms with Crippen LogP contribution in [0.15, 0.2) is 29.2 Å². The highest BCUT2D eigenvalue weighted by Crippen LogP contribution is 2.37. The van der Waals surface area contributed by atoms with Crippen molar-refractivity contribution in [2.75, 3.05) is 7.05 Å². The first-order valence-corrected chi connectivity index (χ1v) is 8.42. The Labute approximate surface area is 161 Å². The van der Waals surface area contributed by atoms with Gasteiger partial charge in [0.1, 0.15) is 11.4 Å². The predicted molar refractivity (Wildman–Crippen MR) is 92.1 cm³/mol. The summed E-state index contributed by atoms with van der Waals surface area (Å²) in [5.41, 5.74) is -5.01. The number of nitrogens with one attached hydrogen (secondary N) is 1. The molecular formula is C18H17F6N3O2. The second-order valence-electron chi connectivity index (χ2n) is 6.44. The monoisotopic (exact) mass is 421 g/mol. The van der Waals surface area contributed by atoms with Gasteiger partial charge in [-0.3, -0.25) is 9.59 Å². The second-order valence-corrected chi connectivity index (χ2v) is 6.44. The van der Waals surface area contributed by atoms with Crippen LogP contribution in [0.25, 0.3) is 11.4 Å². The van der Waals surface area contributed by atoms with Crippen LogP contribution in [0.2, 0.25) is 0 Å². The zero-order valence-electron chi connectivity index (χ0n) is 15.6. The van der Waals surface area contributed by atoms with Gasteiger partial charge in [0.25, 0.3) is 11.5 Å². The Kier molecular flexibility index (Phi) is 6.10. The summed E-state index contributed by atoms with van der Waals surface area (Å²) in [4.78, 5) is 31.7. The van der Waals surface area contributed by atoms with Crippen LogP contribution >= 0.6 is 0 Å². The molecule has 11 heteroatoms. The lowest BCUT2D eigenvalue weighted by atomic mass is 10.0. The van der Waals surface area contributed by atoms with Crippen LogP contribution in [0.1, 0.15) is 41.8 Å². The van der Waals surface area contributed by atoms with Crippen molar-refractivity contribution in [3.63, 3.8) is 0 Å². The minimum Gasteiger partial charge on any atom is -0.339 e. The average Bonchev–Trinajstić information content (AvgIpc) is 2.64. The van der Waals surface area contributed by atoms with Crippen molar-refractivity contribution in [3.8, 4) is 11.4 Å². The van der Waals surface area contributed by atoms with E-state index >= 15 is 0 Å². The Morgan fingerprint density at radius 1 is 1.10 bits per heavy atom. The van der Waals surface area contributed by atoms with Gasteiger partial charge in [-0.2, -0.15) is 26.3 Å². The first kappa shape index (κ1) is 22.4. The van der Waals surface area contributed by atoms with Crippen molar-refractivity contribution in [2.24, 2.45) is 0 Å². The Hall–Kier alpha value is -2.85. The van der Waals surface area contributed by atoms with Crippen LogP contribution in [-0.4, -0.2) is 33.9 Å². The number of H-pyrrole nitrogens is 1. The predicted octanol–water partition coefficient (Wildman–Crippen LogP) is 4.35. The summed E-state index contributed by atoms with van der Waals surface area (Å²) in [6.07, 6.45) is -8.63. The highest BCUT2D eigenvalue weighted by Gasteiger charge is 2.37. The fourth-order valence-electron chi connectivity index (χ4n) is 2.45. The molecule has 1 atom stereocenters. The van der Waals surface area contributed by atoms with Crippen molar-refractivity contribution >= 4 is 5.91 Å². The number of carbonyl (C=O) groups is 1. The lowest BCUT2D eigenvalue weighted by Gasteiger charge is -2.23. The Morgan fingerprint density at radius 2 is 1.62 bits per heavy atom. The van der Waals surface area contributed by atoms with Crippen LogP contribution < -0.4 is 5.56 Å². The molecule has 1 N–H and O–H groups in total. The summed E-state index contributed by atoms with van der Waals surface area (Å²) < 4.78 is 77.9. The second kappa shape index (κ2) is 7.88. The normalized spacial score (nSPS) is 13.3. The zero-order chi connectivity index (χ0) is 22.1. The molecule has 0 saturated carbocycles. The van der Waals surface area contributed by atoms with Gasteiger partial charge in [-0.15, -0.1) is 0 Å². The van der Waals surface area contributed by atoms with E-state index in [4.69, 9.17) is 0 Å². The van der Waals surface area contributed by atoms with Crippen LogP contribution in [0.5, 0.6) is 0 Å². The summed E-state index contributed by atoms with van der Waals surface area (Å²) in [5.74, 6) is -1.19. The standard InChI is InChI=1S/C18H17F6N3O2/c1-4-9(2)27(3)16(29)13-8-25-14(26-15(13)28)10-5-11(17(19,20)21)7-12(6-10)18(22,23)24/h5-9H,4H2,1-3H3,(H,25,26,28)/t9-/m1/s1. The van der Waals surface area contributed by atoms with Crippen molar-refractivity contribution in [1.82, 2.24) is 14.9 Å². The molecule has 1 aromatic carbocycles. The molecule has 1 heterocycles. The third-order valence-electron chi connectivity index (χ3n) is 4.46. The van der Waals surface area contributed by atoms with Crippen molar-refractivity contribution < 1.29 is 31.1 Å². The largest absolute Gasteiger partial charge is 0.416 e. The molecule has 0 saturated heterocycles. The summed E-state index contributed by atoms with van der Waals surface area (Å²) >= 11 is 0. The van der Waals surface area contributed by atoms with Gasteiger partial charge in [0, 0.05) is 24.8 Å². The van der Waals surface area contributed by atoms with E-state index in [1.165, 1.54) is 11.9 Å². The molecule has 5 nitrogen and oxygen atoms in total. The molecule has 1 amide bonds. The number of hydrogen-bond donors (Lipinski definition) is 1. The Balaban J connectivity index is 2.55. The number of benzene rings is 1. The van der Waals surface area contributed by atoms with Gasteiger partial charge in [0.05, 0.1) is 11.1 Å². The van der Waals surface area contributed by atoms with E-state index in [0.29, 0.717) is 18.6 Å². The van der Waals surface area contributed by atoms with E-state index in [9.17, 15) is 35.9 Å². The van der Waals surface area contributed by atoms with Gasteiger partial charge >= 0.3 is 12.4 Å². The molecule has 0 spiro atoms. The minimum atomic E-state index is -5.04. The first-order valence-electron chi connectivity index (χ1n) is 8.42. The number of nitrogens with zero attached hydrogens (tertiary/aromatic N) is 2. The molecule has 0 fully saturated rings. The van der Waals surface area contributed by atoms with Gasteiger partial charge < -0.3 is 9.88 Å². The van der Waals surface area contributed by atoms with E-state index in [1.807, 2.05) is 6.92 Å². The highest BCUT2D eigenvalue weighted by atomic mass is 19.4. The molecule has 158 valence electrons. The number of halogens is 6.